The molecule has 0 radical (unpaired) electrons. The van der Waals surface area contributed by atoms with Gasteiger partial charge in [0.15, 0.2) is 5.16 Å². The van der Waals surface area contributed by atoms with E-state index in [1.165, 1.54) is 18.9 Å². The van der Waals surface area contributed by atoms with Crippen LogP contribution in [0.1, 0.15) is 19.3 Å². The van der Waals surface area contributed by atoms with Gasteiger partial charge < -0.3 is 14.2 Å². The van der Waals surface area contributed by atoms with Crippen molar-refractivity contribution >= 4 is 17.7 Å². The highest BCUT2D eigenvalue weighted by atomic mass is 32.2. The predicted molar refractivity (Wildman–Crippen MR) is 74.2 cm³/mol. The largest absolute Gasteiger partial charge is 0.481 e. The first-order valence-corrected chi connectivity index (χ1v) is 7.26. The predicted octanol–water partition coefficient (Wildman–Crippen LogP) is 1.93. The normalized spacial score (nSPS) is 15.6. The molecule has 2 rings (SSSR count). The monoisotopic (exact) mass is 298 g/mol. The van der Waals surface area contributed by atoms with Crippen molar-refractivity contribution in [2.75, 3.05) is 27.1 Å². The maximum absolute atomic E-state index is 11.4. The molecule has 1 heterocycles. The first kappa shape index (κ1) is 14.9. The number of carbonyl (C=O) groups is 1. The molecule has 0 aromatic carbocycles. The van der Waals surface area contributed by atoms with E-state index < -0.39 is 0 Å². The second-order valence-electron chi connectivity index (χ2n) is 4.78. The zero-order valence-electron chi connectivity index (χ0n) is 11.8. The van der Waals surface area contributed by atoms with Crippen molar-refractivity contribution in [2.24, 2.45) is 5.41 Å². The maximum atomic E-state index is 11.4. The van der Waals surface area contributed by atoms with Crippen molar-refractivity contribution in [1.82, 2.24) is 9.97 Å². The Morgan fingerprint density at radius 2 is 1.85 bits per heavy atom. The van der Waals surface area contributed by atoms with E-state index in [4.69, 9.17) is 14.2 Å². The molecule has 1 aromatic heterocycles. The molecule has 20 heavy (non-hydrogen) atoms. The average Bonchev–Trinajstić information content (AvgIpc) is 3.24. The Balaban J connectivity index is 1.98. The molecule has 0 N–H and O–H groups in total. The van der Waals surface area contributed by atoms with E-state index in [1.807, 2.05) is 0 Å². The maximum Gasteiger partial charge on any atom is 0.306 e. The van der Waals surface area contributed by atoms with E-state index >= 15 is 0 Å². The molecule has 1 aromatic rings. The van der Waals surface area contributed by atoms with Crippen LogP contribution in [0.2, 0.25) is 0 Å². The summed E-state index contributed by atoms with van der Waals surface area (Å²) in [5.41, 5.74) is 0.0391. The minimum absolute atomic E-state index is 0.0391. The molecule has 0 amide bonds. The molecule has 1 fully saturated rings. The summed E-state index contributed by atoms with van der Waals surface area (Å²) in [7, 11) is 4.52. The summed E-state index contributed by atoms with van der Waals surface area (Å²) in [6.07, 6.45) is 2.53. The van der Waals surface area contributed by atoms with Gasteiger partial charge in [-0.15, -0.1) is 0 Å². The number of nitrogens with zero attached hydrogens (tertiary/aromatic N) is 2. The minimum atomic E-state index is -0.160. The summed E-state index contributed by atoms with van der Waals surface area (Å²) >= 11 is 1.51. The Morgan fingerprint density at radius 1 is 1.25 bits per heavy atom. The van der Waals surface area contributed by atoms with Crippen LogP contribution in [-0.2, 0) is 9.53 Å². The van der Waals surface area contributed by atoms with E-state index in [2.05, 4.69) is 9.97 Å². The lowest BCUT2D eigenvalue weighted by atomic mass is 10.1. The van der Waals surface area contributed by atoms with Crippen molar-refractivity contribution in [3.8, 4) is 11.8 Å². The summed E-state index contributed by atoms with van der Waals surface area (Å²) in [4.78, 5) is 19.9. The average molecular weight is 298 g/mol. The van der Waals surface area contributed by atoms with Gasteiger partial charge in [-0.05, 0) is 18.3 Å². The molecule has 0 unspecified atom stereocenters. The quantitative estimate of drug-likeness (QED) is 0.432. The van der Waals surface area contributed by atoms with Gasteiger partial charge in [0.05, 0.1) is 33.8 Å². The minimum Gasteiger partial charge on any atom is -0.481 e. The van der Waals surface area contributed by atoms with Crippen molar-refractivity contribution in [3.63, 3.8) is 0 Å². The van der Waals surface area contributed by atoms with Gasteiger partial charge in [0.1, 0.15) is 0 Å². The molecular formula is C13H18N2O4S. The number of hydrogen-bond donors (Lipinski definition) is 0. The lowest BCUT2D eigenvalue weighted by Crippen LogP contribution is -2.13. The number of hydrogen-bond acceptors (Lipinski definition) is 7. The topological polar surface area (TPSA) is 70.5 Å². The van der Waals surface area contributed by atoms with E-state index in [9.17, 15) is 4.79 Å². The number of carbonyl (C=O) groups excluding carboxylic acids is 1. The Bertz CT molecular complexity index is 469. The van der Waals surface area contributed by atoms with Crippen LogP contribution in [0.3, 0.4) is 0 Å². The van der Waals surface area contributed by atoms with Crippen LogP contribution < -0.4 is 9.47 Å². The van der Waals surface area contributed by atoms with Crippen LogP contribution in [0.25, 0.3) is 0 Å². The Labute approximate surface area is 122 Å². The van der Waals surface area contributed by atoms with Gasteiger partial charge in [-0.1, -0.05) is 11.8 Å². The van der Waals surface area contributed by atoms with Crippen LogP contribution in [-0.4, -0.2) is 43.0 Å². The molecule has 1 saturated carbocycles. The molecule has 0 aliphatic heterocycles. The second-order valence-corrected chi connectivity index (χ2v) is 5.72. The summed E-state index contributed by atoms with van der Waals surface area (Å²) in [5.74, 6) is 1.57. The van der Waals surface area contributed by atoms with E-state index in [0.29, 0.717) is 23.3 Å². The molecule has 0 saturated heterocycles. The highest BCUT2D eigenvalue weighted by molar-refractivity contribution is 7.99. The Morgan fingerprint density at radius 3 is 2.30 bits per heavy atom. The lowest BCUT2D eigenvalue weighted by molar-refractivity contribution is -0.141. The fourth-order valence-electron chi connectivity index (χ4n) is 1.80. The molecule has 6 nitrogen and oxygen atoms in total. The third-order valence-electron chi connectivity index (χ3n) is 3.29. The van der Waals surface area contributed by atoms with E-state index in [0.717, 1.165) is 18.6 Å². The SMILES string of the molecule is COC(=O)CC1(CSc2nc(OC)cc(OC)n2)CC1. The Hall–Kier alpha value is -1.50. The lowest BCUT2D eigenvalue weighted by Gasteiger charge is -2.12. The van der Waals surface area contributed by atoms with Gasteiger partial charge in [-0.3, -0.25) is 4.79 Å². The summed E-state index contributed by atoms with van der Waals surface area (Å²) in [6, 6.07) is 1.63. The summed E-state index contributed by atoms with van der Waals surface area (Å²) < 4.78 is 14.9. The molecule has 7 heteroatoms. The van der Waals surface area contributed by atoms with Crippen LogP contribution in [0.5, 0.6) is 11.8 Å². The summed E-state index contributed by atoms with van der Waals surface area (Å²) in [6.45, 7) is 0. The van der Waals surface area contributed by atoms with Gasteiger partial charge >= 0.3 is 5.97 Å². The van der Waals surface area contributed by atoms with Gasteiger partial charge in [0.2, 0.25) is 11.8 Å². The number of aromatic nitrogens is 2. The van der Waals surface area contributed by atoms with Crippen molar-refractivity contribution in [2.45, 2.75) is 24.4 Å². The number of ether oxygens (including phenoxy) is 3. The van der Waals surface area contributed by atoms with Gasteiger partial charge in [-0.25, -0.2) is 0 Å². The smallest absolute Gasteiger partial charge is 0.306 e. The molecule has 1 aliphatic rings. The molecule has 110 valence electrons. The van der Waals surface area contributed by atoms with Gasteiger partial charge in [0, 0.05) is 5.75 Å². The fraction of sp³-hybridized carbons (Fsp3) is 0.615. The van der Waals surface area contributed by atoms with E-state index in [-0.39, 0.29) is 11.4 Å². The van der Waals surface area contributed by atoms with Crippen LogP contribution in [0, 0.1) is 5.41 Å². The first-order chi connectivity index (χ1) is 9.60. The summed E-state index contributed by atoms with van der Waals surface area (Å²) in [5, 5.41) is 0.595. The zero-order valence-corrected chi connectivity index (χ0v) is 12.7. The molecule has 0 spiro atoms. The van der Waals surface area contributed by atoms with Crippen molar-refractivity contribution in [1.29, 1.82) is 0 Å². The second kappa shape index (κ2) is 6.30. The molecule has 1 aliphatic carbocycles. The number of rotatable bonds is 7. The number of methoxy groups -OCH3 is 3. The van der Waals surface area contributed by atoms with Crippen LogP contribution in [0.4, 0.5) is 0 Å². The molecule has 0 bridgehead atoms. The number of esters is 1. The molecule has 0 atom stereocenters. The highest BCUT2D eigenvalue weighted by Crippen LogP contribution is 2.51. The van der Waals surface area contributed by atoms with Crippen LogP contribution in [0.15, 0.2) is 11.2 Å². The van der Waals surface area contributed by atoms with Crippen LogP contribution >= 0.6 is 11.8 Å². The number of thioether (sulfide) groups is 1. The first-order valence-electron chi connectivity index (χ1n) is 6.27. The molecular weight excluding hydrogens is 280 g/mol. The van der Waals surface area contributed by atoms with Crippen molar-refractivity contribution in [3.05, 3.63) is 6.07 Å². The van der Waals surface area contributed by atoms with Gasteiger partial charge in [0.25, 0.3) is 0 Å². The Kier molecular flexibility index (Phi) is 4.69. The standard InChI is InChI=1S/C13H18N2O4S/c1-17-9-6-10(18-2)15-12(14-9)20-8-13(4-5-13)7-11(16)19-3/h6H,4-5,7-8H2,1-3H3. The third kappa shape index (κ3) is 3.75. The zero-order chi connectivity index (χ0) is 14.6. The van der Waals surface area contributed by atoms with Crippen molar-refractivity contribution < 1.29 is 19.0 Å². The third-order valence-corrected chi connectivity index (χ3v) is 4.49. The highest BCUT2D eigenvalue weighted by Gasteiger charge is 2.44. The van der Waals surface area contributed by atoms with E-state index in [1.54, 1.807) is 20.3 Å². The van der Waals surface area contributed by atoms with Gasteiger partial charge in [-0.2, -0.15) is 9.97 Å². The fourth-order valence-corrected chi connectivity index (χ4v) is 2.94.